The summed E-state index contributed by atoms with van der Waals surface area (Å²) in [5.74, 6) is 0. The molecule has 0 radical (unpaired) electrons. The van der Waals surface area contributed by atoms with E-state index in [-0.39, 0.29) is 6.04 Å². The molecule has 112 valence electrons. The summed E-state index contributed by atoms with van der Waals surface area (Å²) >= 11 is 0. The zero-order valence-corrected chi connectivity index (χ0v) is 13.4. The molecule has 2 nitrogen and oxygen atoms in total. The first-order chi connectivity index (χ1) is 10.1. The summed E-state index contributed by atoms with van der Waals surface area (Å²) < 4.78 is 5.27. The van der Waals surface area contributed by atoms with Gasteiger partial charge in [0.15, 0.2) is 0 Å². The van der Waals surface area contributed by atoms with Crippen molar-refractivity contribution in [1.82, 2.24) is 5.32 Å². The lowest BCUT2D eigenvalue weighted by Gasteiger charge is -2.25. The molecular formula is C19H25NO. The van der Waals surface area contributed by atoms with E-state index in [4.69, 9.17) is 4.74 Å². The summed E-state index contributed by atoms with van der Waals surface area (Å²) in [7, 11) is 1.74. The van der Waals surface area contributed by atoms with E-state index in [1.807, 2.05) is 0 Å². The quantitative estimate of drug-likeness (QED) is 0.864. The molecule has 2 atom stereocenters. The Morgan fingerprint density at radius 1 is 1.05 bits per heavy atom. The molecule has 0 amide bonds. The predicted octanol–water partition coefficient (Wildman–Crippen LogP) is 4.02. The molecule has 0 saturated heterocycles. The Bertz CT molecular complexity index is 565. The number of rotatable bonds is 6. The molecule has 0 spiro atoms. The van der Waals surface area contributed by atoms with Gasteiger partial charge in [-0.15, -0.1) is 0 Å². The van der Waals surface area contributed by atoms with Gasteiger partial charge in [0, 0.05) is 13.2 Å². The molecule has 0 heterocycles. The third-order valence-electron chi connectivity index (χ3n) is 3.75. The second-order valence-electron chi connectivity index (χ2n) is 5.73. The number of benzene rings is 2. The van der Waals surface area contributed by atoms with Crippen LogP contribution in [-0.2, 0) is 4.74 Å². The molecule has 0 saturated carbocycles. The number of nitrogens with one attached hydrogen (secondary N) is 1. The highest BCUT2D eigenvalue weighted by Gasteiger charge is 2.18. The van der Waals surface area contributed by atoms with Crippen LogP contribution in [0.3, 0.4) is 0 Å². The van der Waals surface area contributed by atoms with Crippen LogP contribution < -0.4 is 5.32 Å². The Balaban J connectivity index is 2.38. The lowest BCUT2D eigenvalue weighted by Crippen LogP contribution is -2.34. The molecule has 2 aromatic carbocycles. The average Bonchev–Trinajstić information content (AvgIpc) is 2.49. The summed E-state index contributed by atoms with van der Waals surface area (Å²) in [4.78, 5) is 0. The van der Waals surface area contributed by atoms with Crippen LogP contribution in [0.1, 0.15) is 35.2 Å². The average molecular weight is 283 g/mol. The Hall–Kier alpha value is -1.64. The van der Waals surface area contributed by atoms with Crippen molar-refractivity contribution in [2.75, 3.05) is 13.7 Å². The van der Waals surface area contributed by atoms with E-state index in [0.717, 1.165) is 0 Å². The Labute approximate surface area is 128 Å². The molecule has 0 aliphatic carbocycles. The molecule has 2 heteroatoms. The lowest BCUT2D eigenvalue weighted by atomic mass is 9.93. The molecule has 2 unspecified atom stereocenters. The van der Waals surface area contributed by atoms with Crippen molar-refractivity contribution in [3.8, 4) is 0 Å². The second kappa shape index (κ2) is 7.39. The van der Waals surface area contributed by atoms with Gasteiger partial charge in [-0.1, -0.05) is 54.1 Å². The molecule has 0 aromatic heterocycles. The van der Waals surface area contributed by atoms with Gasteiger partial charge in [0.1, 0.15) is 0 Å². The van der Waals surface area contributed by atoms with Crippen molar-refractivity contribution < 1.29 is 4.74 Å². The van der Waals surface area contributed by atoms with Crippen LogP contribution in [0.2, 0.25) is 0 Å². The number of methoxy groups -OCH3 is 1. The summed E-state index contributed by atoms with van der Waals surface area (Å²) in [6.45, 7) is 7.18. The fourth-order valence-electron chi connectivity index (χ4n) is 2.66. The maximum atomic E-state index is 5.27. The fourth-order valence-corrected chi connectivity index (χ4v) is 2.66. The van der Waals surface area contributed by atoms with Crippen molar-refractivity contribution in [2.45, 2.75) is 32.9 Å². The monoisotopic (exact) mass is 283 g/mol. The third kappa shape index (κ3) is 4.16. The predicted molar refractivity (Wildman–Crippen MR) is 88.7 cm³/mol. The zero-order valence-electron chi connectivity index (χ0n) is 13.4. The number of aryl methyl sites for hydroxylation is 2. The SMILES string of the molecule is COCC(C)NC(c1ccccc1)c1cc(C)ccc1C. The third-order valence-corrected chi connectivity index (χ3v) is 3.75. The summed E-state index contributed by atoms with van der Waals surface area (Å²) in [6.07, 6.45) is 0. The van der Waals surface area contributed by atoms with E-state index >= 15 is 0 Å². The Kier molecular flexibility index (Phi) is 5.54. The smallest absolute Gasteiger partial charge is 0.0613 e. The summed E-state index contributed by atoms with van der Waals surface area (Å²) in [5.41, 5.74) is 5.22. The van der Waals surface area contributed by atoms with Crippen LogP contribution in [0.5, 0.6) is 0 Å². The van der Waals surface area contributed by atoms with Gasteiger partial charge >= 0.3 is 0 Å². The van der Waals surface area contributed by atoms with Gasteiger partial charge in [-0.25, -0.2) is 0 Å². The van der Waals surface area contributed by atoms with Crippen LogP contribution in [0.25, 0.3) is 0 Å². The van der Waals surface area contributed by atoms with Gasteiger partial charge in [0.2, 0.25) is 0 Å². The topological polar surface area (TPSA) is 21.3 Å². The highest BCUT2D eigenvalue weighted by atomic mass is 16.5. The summed E-state index contributed by atoms with van der Waals surface area (Å²) in [5, 5.41) is 3.69. The highest BCUT2D eigenvalue weighted by Crippen LogP contribution is 2.26. The maximum Gasteiger partial charge on any atom is 0.0613 e. The van der Waals surface area contributed by atoms with E-state index in [1.54, 1.807) is 7.11 Å². The van der Waals surface area contributed by atoms with Gasteiger partial charge in [-0.3, -0.25) is 0 Å². The lowest BCUT2D eigenvalue weighted by molar-refractivity contribution is 0.169. The minimum absolute atomic E-state index is 0.191. The van der Waals surface area contributed by atoms with Crippen LogP contribution in [0.4, 0.5) is 0 Å². The van der Waals surface area contributed by atoms with E-state index in [0.29, 0.717) is 12.6 Å². The van der Waals surface area contributed by atoms with E-state index in [2.05, 4.69) is 74.6 Å². The minimum Gasteiger partial charge on any atom is -0.383 e. The van der Waals surface area contributed by atoms with Gasteiger partial charge in [-0.05, 0) is 37.5 Å². The van der Waals surface area contributed by atoms with Gasteiger partial charge < -0.3 is 10.1 Å². The molecule has 0 aliphatic heterocycles. The molecule has 2 rings (SSSR count). The first kappa shape index (κ1) is 15.7. The second-order valence-corrected chi connectivity index (χ2v) is 5.73. The van der Waals surface area contributed by atoms with Crippen LogP contribution >= 0.6 is 0 Å². The van der Waals surface area contributed by atoms with Gasteiger partial charge in [0.05, 0.1) is 12.6 Å². The van der Waals surface area contributed by atoms with Crippen molar-refractivity contribution in [3.63, 3.8) is 0 Å². The number of hydrogen-bond donors (Lipinski definition) is 1. The molecule has 0 fully saturated rings. The van der Waals surface area contributed by atoms with Gasteiger partial charge in [-0.2, -0.15) is 0 Å². The Morgan fingerprint density at radius 2 is 1.76 bits per heavy atom. The first-order valence-corrected chi connectivity index (χ1v) is 7.49. The normalized spacial score (nSPS) is 13.9. The molecule has 2 aromatic rings. The van der Waals surface area contributed by atoms with Crippen molar-refractivity contribution in [3.05, 3.63) is 70.8 Å². The fraction of sp³-hybridized carbons (Fsp3) is 0.368. The van der Waals surface area contributed by atoms with Crippen LogP contribution in [0, 0.1) is 13.8 Å². The van der Waals surface area contributed by atoms with E-state index < -0.39 is 0 Å². The van der Waals surface area contributed by atoms with Crippen molar-refractivity contribution >= 4 is 0 Å². The highest BCUT2D eigenvalue weighted by molar-refractivity contribution is 5.39. The molecule has 0 bridgehead atoms. The Morgan fingerprint density at radius 3 is 2.43 bits per heavy atom. The van der Waals surface area contributed by atoms with Crippen LogP contribution in [0.15, 0.2) is 48.5 Å². The maximum absolute atomic E-state index is 5.27. The molecule has 1 N–H and O–H groups in total. The minimum atomic E-state index is 0.191. The number of ether oxygens (including phenoxy) is 1. The van der Waals surface area contributed by atoms with Crippen molar-refractivity contribution in [2.24, 2.45) is 0 Å². The van der Waals surface area contributed by atoms with Crippen molar-refractivity contribution in [1.29, 1.82) is 0 Å². The van der Waals surface area contributed by atoms with Crippen LogP contribution in [-0.4, -0.2) is 19.8 Å². The largest absolute Gasteiger partial charge is 0.383 e. The first-order valence-electron chi connectivity index (χ1n) is 7.49. The van der Waals surface area contributed by atoms with E-state index in [1.165, 1.54) is 22.3 Å². The molecular weight excluding hydrogens is 258 g/mol. The molecule has 0 aliphatic rings. The standard InChI is InChI=1S/C19H25NO/c1-14-10-11-15(2)18(12-14)19(20-16(3)13-21-4)17-8-6-5-7-9-17/h5-12,16,19-20H,13H2,1-4H3. The zero-order chi connectivity index (χ0) is 15.2. The number of hydrogen-bond acceptors (Lipinski definition) is 2. The molecule has 21 heavy (non-hydrogen) atoms. The summed E-state index contributed by atoms with van der Waals surface area (Å²) in [6, 6.07) is 17.7. The van der Waals surface area contributed by atoms with Gasteiger partial charge in [0.25, 0.3) is 0 Å². The van der Waals surface area contributed by atoms with E-state index in [9.17, 15) is 0 Å².